The van der Waals surface area contributed by atoms with Crippen LogP contribution in [0.2, 0.25) is 0 Å². The van der Waals surface area contributed by atoms with Crippen LogP contribution in [-0.4, -0.2) is 11.7 Å². The number of benzene rings is 6. The number of nitrogens with one attached hydrogen (secondary N) is 1. The van der Waals surface area contributed by atoms with E-state index in [0.29, 0.717) is 5.84 Å². The van der Waals surface area contributed by atoms with Crippen LogP contribution < -0.4 is 5.32 Å². The van der Waals surface area contributed by atoms with Crippen LogP contribution >= 0.6 is 0 Å². The lowest BCUT2D eigenvalue weighted by atomic mass is 9.95. The van der Waals surface area contributed by atoms with Gasteiger partial charge >= 0.3 is 0 Å². The molecule has 0 spiro atoms. The highest BCUT2D eigenvalue weighted by atomic mass is 16.3. The van der Waals surface area contributed by atoms with E-state index >= 15 is 0 Å². The normalized spacial score (nSPS) is 14.7. The van der Waals surface area contributed by atoms with E-state index in [1.54, 1.807) is 0 Å². The molecule has 6 aromatic carbocycles. The summed E-state index contributed by atoms with van der Waals surface area (Å²) in [6.45, 7) is 0. The van der Waals surface area contributed by atoms with E-state index in [0.717, 1.165) is 55.6 Å². The van der Waals surface area contributed by atoms with Crippen molar-refractivity contribution < 1.29 is 4.42 Å². The molecule has 1 N–H and O–H groups in total. The summed E-state index contributed by atoms with van der Waals surface area (Å²) in [6.07, 6.45) is -0.380. The third kappa shape index (κ3) is 4.69. The van der Waals surface area contributed by atoms with Crippen LogP contribution in [-0.2, 0) is 0 Å². The Morgan fingerprint density at radius 1 is 0.488 bits per heavy atom. The van der Waals surface area contributed by atoms with E-state index in [-0.39, 0.29) is 6.17 Å². The summed E-state index contributed by atoms with van der Waals surface area (Å²) in [4.78, 5) is 10.2. The van der Waals surface area contributed by atoms with Gasteiger partial charge in [0.25, 0.3) is 0 Å². The van der Waals surface area contributed by atoms with E-state index in [2.05, 4.69) is 102 Å². The Labute approximate surface area is 249 Å². The maximum absolute atomic E-state index is 6.46. The summed E-state index contributed by atoms with van der Waals surface area (Å²) >= 11 is 0. The van der Waals surface area contributed by atoms with Gasteiger partial charge in [-0.1, -0.05) is 133 Å². The van der Waals surface area contributed by atoms with Crippen molar-refractivity contribution in [3.8, 4) is 22.3 Å². The molecule has 0 aliphatic carbocycles. The zero-order chi connectivity index (χ0) is 28.6. The van der Waals surface area contributed by atoms with Crippen LogP contribution in [0.5, 0.6) is 0 Å². The average molecular weight is 554 g/mol. The van der Waals surface area contributed by atoms with Crippen molar-refractivity contribution in [3.05, 3.63) is 168 Å². The van der Waals surface area contributed by atoms with Crippen LogP contribution in [0.1, 0.15) is 22.9 Å². The molecule has 1 unspecified atom stereocenters. The van der Waals surface area contributed by atoms with Gasteiger partial charge in [0.1, 0.15) is 23.2 Å². The maximum atomic E-state index is 6.46. The van der Waals surface area contributed by atoms with Gasteiger partial charge in [-0.25, -0.2) is 9.98 Å². The minimum atomic E-state index is -0.380. The molecule has 8 rings (SSSR count). The predicted octanol–water partition coefficient (Wildman–Crippen LogP) is 9.42. The molecule has 2 heterocycles. The number of hydrogen-bond acceptors (Lipinski definition) is 4. The third-order valence-corrected chi connectivity index (χ3v) is 7.95. The molecule has 4 heteroatoms. The molecule has 1 aliphatic heterocycles. The molecule has 1 aromatic heterocycles. The van der Waals surface area contributed by atoms with Gasteiger partial charge in [-0.15, -0.1) is 0 Å². The Morgan fingerprint density at radius 2 is 1.05 bits per heavy atom. The quantitative estimate of drug-likeness (QED) is 0.231. The van der Waals surface area contributed by atoms with Gasteiger partial charge in [0.05, 0.1) is 0 Å². The van der Waals surface area contributed by atoms with Gasteiger partial charge in [0.2, 0.25) is 0 Å². The molecule has 0 radical (unpaired) electrons. The van der Waals surface area contributed by atoms with Gasteiger partial charge in [0.15, 0.2) is 5.84 Å². The Hall–Kier alpha value is -5.74. The van der Waals surface area contributed by atoms with Crippen LogP contribution in [0.3, 0.4) is 0 Å². The number of nitrogens with zero attached hydrogens (tertiary/aromatic N) is 2. The van der Waals surface area contributed by atoms with Gasteiger partial charge in [-0.3, -0.25) is 0 Å². The number of fused-ring (bicyclic) bond motifs is 3. The van der Waals surface area contributed by atoms with Gasteiger partial charge < -0.3 is 9.73 Å². The molecular weight excluding hydrogens is 526 g/mol. The highest BCUT2D eigenvalue weighted by Gasteiger charge is 2.25. The Balaban J connectivity index is 1.31. The van der Waals surface area contributed by atoms with Gasteiger partial charge in [0, 0.05) is 27.5 Å². The van der Waals surface area contributed by atoms with E-state index < -0.39 is 0 Å². The molecule has 0 fully saturated rings. The smallest absolute Gasteiger partial charge is 0.159 e. The Morgan fingerprint density at radius 3 is 1.74 bits per heavy atom. The van der Waals surface area contributed by atoms with Crippen molar-refractivity contribution in [2.45, 2.75) is 6.17 Å². The molecule has 0 bridgehead atoms. The number of hydrogen-bond donors (Lipinski definition) is 1. The lowest BCUT2D eigenvalue weighted by Crippen LogP contribution is -2.33. The number of furan rings is 1. The van der Waals surface area contributed by atoms with E-state index in [4.69, 9.17) is 14.4 Å². The molecule has 0 saturated heterocycles. The first-order valence-corrected chi connectivity index (χ1v) is 14.5. The molecule has 7 aromatic rings. The summed E-state index contributed by atoms with van der Waals surface area (Å²) in [7, 11) is 0. The number of amidine groups is 2. The van der Waals surface area contributed by atoms with Crippen LogP contribution in [0.25, 0.3) is 44.2 Å². The molecular formula is C39H27N3O. The molecule has 1 atom stereocenters. The largest absolute Gasteiger partial charge is 0.456 e. The van der Waals surface area contributed by atoms with Gasteiger partial charge in [-0.05, 0) is 40.5 Å². The zero-order valence-corrected chi connectivity index (χ0v) is 23.3. The van der Waals surface area contributed by atoms with E-state index in [9.17, 15) is 0 Å². The van der Waals surface area contributed by atoms with Crippen LogP contribution in [0.4, 0.5) is 0 Å². The summed E-state index contributed by atoms with van der Waals surface area (Å²) in [5, 5.41) is 5.79. The fraction of sp³-hybridized carbons (Fsp3) is 0.0256. The Bertz CT molecular complexity index is 2130. The zero-order valence-electron chi connectivity index (χ0n) is 23.3. The van der Waals surface area contributed by atoms with Gasteiger partial charge in [-0.2, -0.15) is 0 Å². The highest BCUT2D eigenvalue weighted by molar-refractivity contribution is 6.14. The van der Waals surface area contributed by atoms with Crippen molar-refractivity contribution in [1.29, 1.82) is 0 Å². The van der Waals surface area contributed by atoms with Crippen LogP contribution in [0, 0.1) is 0 Å². The average Bonchev–Trinajstić information content (AvgIpc) is 3.47. The molecule has 4 nitrogen and oxygen atoms in total. The molecule has 0 amide bonds. The fourth-order valence-electron chi connectivity index (χ4n) is 5.82. The lowest BCUT2D eigenvalue weighted by molar-refractivity contribution is 0.662. The fourth-order valence-corrected chi connectivity index (χ4v) is 5.82. The van der Waals surface area contributed by atoms with E-state index in [1.165, 1.54) is 11.1 Å². The molecule has 204 valence electrons. The standard InChI is InChI=1S/C39H27N3O/c1-4-12-26(13-5-1)27-20-22-28(23-21-27)31-24-33(36-32-18-10-11-19-34(32)43-35(36)25-31)39-41-37(29-14-6-2-7-15-29)40-38(42-39)30-16-8-3-9-17-30/h1-25,39H,(H,40,41,42). The number of rotatable bonds is 5. The first kappa shape index (κ1) is 25.0. The predicted molar refractivity (Wildman–Crippen MR) is 176 cm³/mol. The second-order valence-corrected chi connectivity index (χ2v) is 10.7. The topological polar surface area (TPSA) is 49.9 Å². The second-order valence-electron chi connectivity index (χ2n) is 10.7. The summed E-state index contributed by atoms with van der Waals surface area (Å²) in [5.41, 5.74) is 9.29. The van der Waals surface area contributed by atoms with Crippen molar-refractivity contribution >= 4 is 33.6 Å². The Kier molecular flexibility index (Phi) is 6.16. The summed E-state index contributed by atoms with van der Waals surface area (Å²) in [6, 6.07) is 52.2. The monoisotopic (exact) mass is 553 g/mol. The summed E-state index contributed by atoms with van der Waals surface area (Å²) in [5.74, 6) is 1.49. The first-order valence-electron chi connectivity index (χ1n) is 14.5. The van der Waals surface area contributed by atoms with E-state index in [1.807, 2.05) is 54.6 Å². The molecule has 0 saturated carbocycles. The second kappa shape index (κ2) is 10.6. The minimum absolute atomic E-state index is 0.380. The van der Waals surface area contributed by atoms with Crippen LogP contribution in [0.15, 0.2) is 166 Å². The molecule has 1 aliphatic rings. The highest BCUT2D eigenvalue weighted by Crippen LogP contribution is 2.39. The van der Waals surface area contributed by atoms with Crippen molar-refractivity contribution in [3.63, 3.8) is 0 Å². The van der Waals surface area contributed by atoms with Crippen molar-refractivity contribution in [2.75, 3.05) is 0 Å². The molecule has 43 heavy (non-hydrogen) atoms. The SMILES string of the molecule is c1ccc(C2=NC(c3cc(-c4ccc(-c5ccccc5)cc4)cc4oc5ccccc5c34)NC(c3ccccc3)=N2)cc1. The minimum Gasteiger partial charge on any atom is -0.456 e. The number of para-hydroxylation sites is 1. The van der Waals surface area contributed by atoms with Crippen molar-refractivity contribution in [1.82, 2.24) is 5.32 Å². The lowest BCUT2D eigenvalue weighted by Gasteiger charge is -2.24. The number of aliphatic imine (C=N–C) groups is 2. The first-order chi connectivity index (χ1) is 21.3. The maximum Gasteiger partial charge on any atom is 0.159 e. The third-order valence-electron chi connectivity index (χ3n) is 7.95. The van der Waals surface area contributed by atoms with Crippen molar-refractivity contribution in [2.24, 2.45) is 9.98 Å². The summed E-state index contributed by atoms with van der Waals surface area (Å²) < 4.78 is 6.46.